The van der Waals surface area contributed by atoms with Gasteiger partial charge in [-0.1, -0.05) is 48.5 Å². The number of benzene rings is 3. The first-order valence-electron chi connectivity index (χ1n) is 11.3. The number of hydrogen-bond acceptors (Lipinski definition) is 5. The minimum absolute atomic E-state index is 0.137. The number of carbonyl (C=O) groups excluding carboxylic acids is 1. The van der Waals surface area contributed by atoms with Crippen LogP contribution in [-0.4, -0.2) is 54.3 Å². The average molecular weight is 460 g/mol. The third-order valence-corrected chi connectivity index (χ3v) is 6.07. The fraction of sp³-hybridized carbons (Fsp3) is 0.296. The lowest BCUT2D eigenvalue weighted by Gasteiger charge is -2.31. The van der Waals surface area contributed by atoms with Crippen LogP contribution in [0.5, 0.6) is 0 Å². The first-order valence-corrected chi connectivity index (χ1v) is 11.3. The Hall–Kier alpha value is -3.55. The molecule has 7 nitrogen and oxygen atoms in total. The minimum atomic E-state index is -0.476. The van der Waals surface area contributed by atoms with Gasteiger partial charge in [0.15, 0.2) is 0 Å². The summed E-state index contributed by atoms with van der Waals surface area (Å²) in [6, 6.07) is 20.3. The number of nitrogens with zero attached hydrogens (tertiary/aromatic N) is 3. The Balaban J connectivity index is 1.83. The van der Waals surface area contributed by atoms with Crippen LogP contribution in [0.1, 0.15) is 29.1 Å². The largest absolute Gasteiger partial charge is 0.383 e. The van der Waals surface area contributed by atoms with Gasteiger partial charge in [0.25, 0.3) is 11.5 Å². The molecular weight excluding hydrogens is 430 g/mol. The maximum atomic E-state index is 13.9. The van der Waals surface area contributed by atoms with Crippen molar-refractivity contribution in [3.63, 3.8) is 0 Å². The van der Waals surface area contributed by atoms with Crippen LogP contribution in [0.15, 0.2) is 71.5 Å². The lowest BCUT2D eigenvalue weighted by Crippen LogP contribution is -2.40. The number of para-hydroxylation sites is 1. The molecule has 7 heteroatoms. The third kappa shape index (κ3) is 4.58. The van der Waals surface area contributed by atoms with Gasteiger partial charge in [0.1, 0.15) is 5.82 Å². The molecule has 0 fully saturated rings. The molecular formula is C27H29N3O4. The zero-order valence-corrected chi connectivity index (χ0v) is 19.7. The SMILES string of the molecule is COCCN(C(=O)c1cccc2ccccc12)C(C)c1nc2ccccc2c(=O)n1CCOC. The lowest BCUT2D eigenvalue weighted by molar-refractivity contribution is 0.0603. The number of amides is 1. The van der Waals surface area contributed by atoms with E-state index in [2.05, 4.69) is 0 Å². The highest BCUT2D eigenvalue weighted by Crippen LogP contribution is 2.26. The number of ether oxygens (including phenoxy) is 2. The van der Waals surface area contributed by atoms with E-state index in [0.717, 1.165) is 10.8 Å². The van der Waals surface area contributed by atoms with Crippen LogP contribution in [-0.2, 0) is 16.0 Å². The van der Waals surface area contributed by atoms with Crippen molar-refractivity contribution in [1.82, 2.24) is 14.5 Å². The molecule has 0 aliphatic heterocycles. The monoisotopic (exact) mass is 459 g/mol. The van der Waals surface area contributed by atoms with E-state index in [1.54, 1.807) is 29.8 Å². The van der Waals surface area contributed by atoms with E-state index >= 15 is 0 Å². The molecule has 1 aromatic heterocycles. The Kier molecular flexibility index (Phi) is 7.35. The van der Waals surface area contributed by atoms with E-state index in [4.69, 9.17) is 14.5 Å². The van der Waals surface area contributed by atoms with Gasteiger partial charge in [-0.3, -0.25) is 14.2 Å². The van der Waals surface area contributed by atoms with E-state index in [0.29, 0.717) is 48.6 Å². The number of methoxy groups -OCH3 is 2. The molecule has 3 aromatic carbocycles. The molecule has 1 amide bonds. The van der Waals surface area contributed by atoms with Gasteiger partial charge in [-0.2, -0.15) is 0 Å². The molecule has 0 bridgehead atoms. The zero-order chi connectivity index (χ0) is 24.1. The molecule has 1 unspecified atom stereocenters. The van der Waals surface area contributed by atoms with E-state index < -0.39 is 6.04 Å². The van der Waals surface area contributed by atoms with E-state index in [9.17, 15) is 9.59 Å². The molecule has 0 aliphatic rings. The molecule has 1 heterocycles. The van der Waals surface area contributed by atoms with E-state index in [1.165, 1.54) is 0 Å². The van der Waals surface area contributed by atoms with Crippen molar-refractivity contribution in [3.8, 4) is 0 Å². The summed E-state index contributed by atoms with van der Waals surface area (Å²) in [4.78, 5) is 33.8. The summed E-state index contributed by atoms with van der Waals surface area (Å²) >= 11 is 0. The molecule has 34 heavy (non-hydrogen) atoms. The van der Waals surface area contributed by atoms with Crippen LogP contribution in [0.4, 0.5) is 0 Å². The second-order valence-corrected chi connectivity index (χ2v) is 8.13. The van der Waals surface area contributed by atoms with Gasteiger partial charge in [0, 0.05) is 26.3 Å². The summed E-state index contributed by atoms with van der Waals surface area (Å²) in [5, 5.41) is 2.42. The van der Waals surface area contributed by atoms with Gasteiger partial charge in [-0.25, -0.2) is 4.98 Å². The lowest BCUT2D eigenvalue weighted by atomic mass is 10.0. The van der Waals surface area contributed by atoms with Crippen molar-refractivity contribution in [2.45, 2.75) is 19.5 Å². The zero-order valence-electron chi connectivity index (χ0n) is 19.7. The molecule has 0 spiro atoms. The Morgan fingerprint density at radius 3 is 2.38 bits per heavy atom. The second kappa shape index (κ2) is 10.6. The standard InChI is InChI=1S/C27H29N3O4/c1-19(25-28-24-14-7-6-12-23(24)27(32)30(25)16-18-34-3)29(15-17-33-2)26(31)22-13-8-10-20-9-4-5-11-21(20)22/h4-14,19H,15-18H2,1-3H3. The fourth-order valence-electron chi connectivity index (χ4n) is 4.27. The molecule has 0 N–H and O–H groups in total. The summed E-state index contributed by atoms with van der Waals surface area (Å²) in [7, 11) is 3.20. The number of rotatable bonds is 9. The number of fused-ring (bicyclic) bond motifs is 2. The van der Waals surface area contributed by atoms with Gasteiger partial charge in [0.2, 0.25) is 0 Å². The Morgan fingerprint density at radius 1 is 0.941 bits per heavy atom. The topological polar surface area (TPSA) is 73.7 Å². The second-order valence-electron chi connectivity index (χ2n) is 8.13. The summed E-state index contributed by atoms with van der Waals surface area (Å²) in [5.74, 6) is 0.382. The molecule has 0 saturated heterocycles. The van der Waals surface area contributed by atoms with Gasteiger partial charge in [-0.15, -0.1) is 0 Å². The highest BCUT2D eigenvalue weighted by atomic mass is 16.5. The molecule has 0 saturated carbocycles. The van der Waals surface area contributed by atoms with Crippen molar-refractivity contribution in [2.75, 3.05) is 34.0 Å². The van der Waals surface area contributed by atoms with Crippen LogP contribution >= 0.6 is 0 Å². The average Bonchev–Trinajstić information content (AvgIpc) is 2.87. The van der Waals surface area contributed by atoms with Crippen LogP contribution in [0.3, 0.4) is 0 Å². The van der Waals surface area contributed by atoms with Gasteiger partial charge >= 0.3 is 0 Å². The fourth-order valence-corrected chi connectivity index (χ4v) is 4.27. The highest BCUT2D eigenvalue weighted by molar-refractivity contribution is 6.07. The third-order valence-electron chi connectivity index (χ3n) is 6.07. The Bertz CT molecular complexity index is 1360. The molecule has 176 valence electrons. The maximum absolute atomic E-state index is 13.9. The quantitative estimate of drug-likeness (QED) is 0.378. The van der Waals surface area contributed by atoms with Crippen molar-refractivity contribution in [3.05, 3.63) is 88.5 Å². The first-order chi connectivity index (χ1) is 16.6. The molecule has 0 radical (unpaired) electrons. The Morgan fingerprint density at radius 2 is 1.62 bits per heavy atom. The molecule has 1 atom stereocenters. The summed E-state index contributed by atoms with van der Waals surface area (Å²) in [6.45, 7) is 3.31. The van der Waals surface area contributed by atoms with Crippen molar-refractivity contribution in [1.29, 1.82) is 0 Å². The predicted octanol–water partition coefficient (Wildman–Crippen LogP) is 4.05. The van der Waals surface area contributed by atoms with Gasteiger partial charge in [0.05, 0.1) is 36.7 Å². The summed E-state index contributed by atoms with van der Waals surface area (Å²) < 4.78 is 12.2. The van der Waals surface area contributed by atoms with Crippen molar-refractivity contribution >= 4 is 27.6 Å². The van der Waals surface area contributed by atoms with Crippen LogP contribution in [0.25, 0.3) is 21.7 Å². The van der Waals surface area contributed by atoms with E-state index in [-0.39, 0.29) is 11.5 Å². The molecule has 0 aliphatic carbocycles. The number of aromatic nitrogens is 2. The smallest absolute Gasteiger partial charge is 0.261 e. The minimum Gasteiger partial charge on any atom is -0.383 e. The van der Waals surface area contributed by atoms with E-state index in [1.807, 2.05) is 67.6 Å². The first kappa shape index (κ1) is 23.6. The van der Waals surface area contributed by atoms with Gasteiger partial charge < -0.3 is 14.4 Å². The summed E-state index contributed by atoms with van der Waals surface area (Å²) in [6.07, 6.45) is 0. The number of carbonyl (C=O) groups is 1. The molecule has 4 rings (SSSR count). The maximum Gasteiger partial charge on any atom is 0.261 e. The van der Waals surface area contributed by atoms with Gasteiger partial charge in [-0.05, 0) is 35.9 Å². The molecule has 4 aromatic rings. The van der Waals surface area contributed by atoms with Crippen LogP contribution in [0.2, 0.25) is 0 Å². The van der Waals surface area contributed by atoms with Crippen LogP contribution in [0, 0.1) is 0 Å². The van der Waals surface area contributed by atoms with Crippen molar-refractivity contribution < 1.29 is 14.3 Å². The highest BCUT2D eigenvalue weighted by Gasteiger charge is 2.27. The predicted molar refractivity (Wildman–Crippen MR) is 133 cm³/mol. The Labute approximate surface area is 198 Å². The normalized spacial score (nSPS) is 12.2. The summed E-state index contributed by atoms with van der Waals surface area (Å²) in [5.41, 5.74) is 1.06. The van der Waals surface area contributed by atoms with Crippen LogP contribution < -0.4 is 5.56 Å². The van der Waals surface area contributed by atoms with Crippen molar-refractivity contribution in [2.24, 2.45) is 0 Å². The number of hydrogen-bond donors (Lipinski definition) is 0.